The van der Waals surface area contributed by atoms with E-state index in [4.69, 9.17) is 4.55 Å². The van der Waals surface area contributed by atoms with Crippen molar-refractivity contribution in [3.63, 3.8) is 0 Å². The lowest BCUT2D eigenvalue weighted by Crippen LogP contribution is -2.37. The van der Waals surface area contributed by atoms with Gasteiger partial charge in [-0.3, -0.25) is 18.5 Å². The first-order chi connectivity index (χ1) is 8.72. The van der Waals surface area contributed by atoms with Crippen molar-refractivity contribution in [1.29, 1.82) is 0 Å². The molecule has 0 aliphatic rings. The first-order valence-corrected chi connectivity index (χ1v) is 6.89. The van der Waals surface area contributed by atoms with Crippen molar-refractivity contribution in [2.24, 2.45) is 14.1 Å². The monoisotopic (exact) mass is 288 g/mol. The fraction of sp³-hybridized carbons (Fsp3) is 0.444. The van der Waals surface area contributed by atoms with Crippen LogP contribution in [0.1, 0.15) is 0 Å². The van der Waals surface area contributed by atoms with Gasteiger partial charge in [-0.1, -0.05) is 0 Å². The van der Waals surface area contributed by atoms with E-state index in [1.54, 1.807) is 0 Å². The Hall–Kier alpha value is -1.94. The standard InChI is InChI=1S/C9H12N4O5S/c1-11-7-6(8(14)12(2)9(11)15)13(5-10-7)3-4-19(16,17)18/h5H,3-4H2,1-2H3,(H,16,17,18). The Morgan fingerprint density at radius 1 is 1.26 bits per heavy atom. The van der Waals surface area contributed by atoms with Crippen molar-refractivity contribution in [2.75, 3.05) is 5.75 Å². The summed E-state index contributed by atoms with van der Waals surface area (Å²) in [7, 11) is -1.35. The SMILES string of the molecule is Cn1c(=O)c2c(ncn2CCS(=O)(=O)O)n(C)c1=O. The minimum absolute atomic E-state index is 0.119. The zero-order valence-electron chi connectivity index (χ0n) is 10.3. The molecule has 0 aliphatic carbocycles. The van der Waals surface area contributed by atoms with E-state index in [1.807, 2.05) is 0 Å². The molecule has 0 bridgehead atoms. The topological polar surface area (TPSA) is 116 Å². The second-order valence-corrected chi connectivity index (χ2v) is 5.67. The molecule has 0 amide bonds. The summed E-state index contributed by atoms with van der Waals surface area (Å²) in [5, 5.41) is 0. The average Bonchev–Trinajstić information content (AvgIpc) is 2.74. The van der Waals surface area contributed by atoms with Crippen LogP contribution in [0.15, 0.2) is 15.9 Å². The van der Waals surface area contributed by atoms with Crippen LogP contribution in [0, 0.1) is 0 Å². The molecule has 0 atom stereocenters. The van der Waals surface area contributed by atoms with E-state index in [2.05, 4.69) is 4.98 Å². The molecule has 10 heteroatoms. The third kappa shape index (κ3) is 2.31. The molecular weight excluding hydrogens is 276 g/mol. The molecule has 19 heavy (non-hydrogen) atoms. The lowest BCUT2D eigenvalue weighted by Gasteiger charge is -2.05. The summed E-state index contributed by atoms with van der Waals surface area (Å²) in [6.45, 7) is -0.122. The van der Waals surface area contributed by atoms with Gasteiger partial charge in [0.15, 0.2) is 11.2 Å². The largest absolute Gasteiger partial charge is 0.332 e. The second kappa shape index (κ2) is 4.31. The summed E-state index contributed by atoms with van der Waals surface area (Å²) in [5.41, 5.74) is -0.792. The van der Waals surface area contributed by atoms with Crippen molar-refractivity contribution >= 4 is 21.3 Å². The second-order valence-electron chi connectivity index (χ2n) is 4.10. The van der Waals surface area contributed by atoms with Crippen LogP contribution in [-0.2, 0) is 30.8 Å². The molecule has 0 saturated heterocycles. The Bertz CT molecular complexity index is 857. The Morgan fingerprint density at radius 3 is 2.47 bits per heavy atom. The number of fused-ring (bicyclic) bond motifs is 1. The van der Waals surface area contributed by atoms with Crippen LogP contribution in [0.4, 0.5) is 0 Å². The average molecular weight is 288 g/mol. The van der Waals surface area contributed by atoms with Crippen LogP contribution < -0.4 is 11.2 Å². The number of aryl methyl sites for hydroxylation is 2. The van der Waals surface area contributed by atoms with Crippen LogP contribution in [0.2, 0.25) is 0 Å². The van der Waals surface area contributed by atoms with Crippen LogP contribution >= 0.6 is 0 Å². The zero-order chi connectivity index (χ0) is 14.4. The highest BCUT2D eigenvalue weighted by Gasteiger charge is 2.15. The van der Waals surface area contributed by atoms with Crippen molar-refractivity contribution in [2.45, 2.75) is 6.54 Å². The van der Waals surface area contributed by atoms with Gasteiger partial charge in [-0.05, 0) is 0 Å². The van der Waals surface area contributed by atoms with E-state index >= 15 is 0 Å². The van der Waals surface area contributed by atoms with E-state index in [0.717, 1.165) is 4.57 Å². The quantitative estimate of drug-likeness (QED) is 0.674. The van der Waals surface area contributed by atoms with Crippen molar-refractivity contribution in [1.82, 2.24) is 18.7 Å². The van der Waals surface area contributed by atoms with Gasteiger partial charge in [0.05, 0.1) is 12.1 Å². The predicted octanol–water partition coefficient (Wildman–Crippen LogP) is -1.68. The first kappa shape index (κ1) is 13.5. The Balaban J connectivity index is 2.67. The molecule has 0 fully saturated rings. The number of imidazole rings is 1. The van der Waals surface area contributed by atoms with Gasteiger partial charge in [0.1, 0.15) is 0 Å². The number of hydrogen-bond acceptors (Lipinski definition) is 5. The van der Waals surface area contributed by atoms with E-state index in [-0.39, 0.29) is 17.7 Å². The van der Waals surface area contributed by atoms with E-state index in [1.165, 1.54) is 29.6 Å². The van der Waals surface area contributed by atoms with Gasteiger partial charge >= 0.3 is 5.69 Å². The fourth-order valence-corrected chi connectivity index (χ4v) is 2.21. The molecule has 0 unspecified atom stereocenters. The van der Waals surface area contributed by atoms with Gasteiger partial charge in [0.2, 0.25) is 0 Å². The molecule has 0 radical (unpaired) electrons. The van der Waals surface area contributed by atoms with Crippen molar-refractivity contribution < 1.29 is 13.0 Å². The zero-order valence-corrected chi connectivity index (χ0v) is 11.1. The fourth-order valence-electron chi connectivity index (χ4n) is 1.78. The van der Waals surface area contributed by atoms with Gasteiger partial charge in [-0.2, -0.15) is 8.42 Å². The maximum Gasteiger partial charge on any atom is 0.332 e. The molecule has 0 aromatic carbocycles. The molecule has 104 valence electrons. The van der Waals surface area contributed by atoms with Crippen molar-refractivity contribution in [3.8, 4) is 0 Å². The molecular formula is C9H12N4O5S. The molecule has 0 spiro atoms. The molecule has 2 aromatic heterocycles. The predicted molar refractivity (Wildman–Crippen MR) is 66.6 cm³/mol. The van der Waals surface area contributed by atoms with Crippen molar-refractivity contribution in [3.05, 3.63) is 27.2 Å². The van der Waals surface area contributed by atoms with Crippen LogP contribution in [0.3, 0.4) is 0 Å². The smallest absolute Gasteiger partial charge is 0.324 e. The lowest BCUT2D eigenvalue weighted by atomic mass is 10.5. The third-order valence-corrected chi connectivity index (χ3v) is 3.51. The minimum atomic E-state index is -4.14. The summed E-state index contributed by atoms with van der Waals surface area (Å²) in [6.07, 6.45) is 1.26. The van der Waals surface area contributed by atoms with Gasteiger partial charge in [-0.25, -0.2) is 9.78 Å². The van der Waals surface area contributed by atoms with E-state index in [9.17, 15) is 18.0 Å². The summed E-state index contributed by atoms with van der Waals surface area (Å²) in [4.78, 5) is 27.6. The molecule has 9 nitrogen and oxygen atoms in total. The van der Waals surface area contributed by atoms with Gasteiger partial charge in [-0.15, -0.1) is 0 Å². The number of aromatic nitrogens is 4. The Morgan fingerprint density at radius 2 is 1.89 bits per heavy atom. The van der Waals surface area contributed by atoms with E-state index in [0.29, 0.717) is 0 Å². The third-order valence-electron chi connectivity index (χ3n) is 2.81. The van der Waals surface area contributed by atoms with Crippen LogP contribution in [0.25, 0.3) is 11.2 Å². The normalized spacial score (nSPS) is 12.2. The summed E-state index contributed by atoms with van der Waals surface area (Å²) < 4.78 is 33.6. The maximum absolute atomic E-state index is 12.0. The molecule has 2 heterocycles. The first-order valence-electron chi connectivity index (χ1n) is 5.28. The Kier molecular flexibility index (Phi) is 3.06. The summed E-state index contributed by atoms with van der Waals surface area (Å²) >= 11 is 0. The molecule has 1 N–H and O–H groups in total. The van der Waals surface area contributed by atoms with Crippen LogP contribution in [0.5, 0.6) is 0 Å². The molecule has 0 saturated carbocycles. The lowest BCUT2D eigenvalue weighted by molar-refractivity contribution is 0.479. The van der Waals surface area contributed by atoms with Crippen LogP contribution in [-0.4, -0.2) is 37.4 Å². The van der Waals surface area contributed by atoms with Gasteiger partial charge < -0.3 is 4.57 Å². The Labute approximate surface area is 107 Å². The van der Waals surface area contributed by atoms with E-state index < -0.39 is 27.1 Å². The number of rotatable bonds is 3. The molecule has 2 rings (SSSR count). The highest BCUT2D eigenvalue weighted by molar-refractivity contribution is 7.85. The number of nitrogens with zero attached hydrogens (tertiary/aromatic N) is 4. The van der Waals surface area contributed by atoms with Gasteiger partial charge in [0, 0.05) is 20.6 Å². The highest BCUT2D eigenvalue weighted by Crippen LogP contribution is 2.05. The summed E-state index contributed by atoms with van der Waals surface area (Å²) in [5.74, 6) is -0.537. The highest BCUT2D eigenvalue weighted by atomic mass is 32.2. The van der Waals surface area contributed by atoms with Gasteiger partial charge in [0.25, 0.3) is 15.7 Å². The number of hydrogen-bond donors (Lipinski definition) is 1. The molecule has 0 aliphatic heterocycles. The minimum Gasteiger partial charge on any atom is -0.324 e. The summed E-state index contributed by atoms with van der Waals surface area (Å²) in [6, 6.07) is 0. The maximum atomic E-state index is 12.0. The molecule has 2 aromatic rings.